The average Bonchev–Trinajstić information content (AvgIpc) is 3.10. The molecule has 0 radical (unpaired) electrons. The Bertz CT molecular complexity index is 361. The van der Waals surface area contributed by atoms with Crippen LogP contribution in [0.1, 0.15) is 31.2 Å². The molecule has 1 aliphatic rings. The van der Waals surface area contributed by atoms with E-state index >= 15 is 0 Å². The van der Waals surface area contributed by atoms with E-state index in [2.05, 4.69) is 0 Å². The van der Waals surface area contributed by atoms with Crippen LogP contribution in [0, 0.1) is 5.92 Å². The first kappa shape index (κ1) is 11.7. The zero-order chi connectivity index (χ0) is 11.5. The van der Waals surface area contributed by atoms with Gasteiger partial charge in [0.1, 0.15) is 5.75 Å². The van der Waals surface area contributed by atoms with Crippen LogP contribution in [0.4, 0.5) is 0 Å². The number of hydrogen-bond acceptors (Lipinski definition) is 2. The lowest BCUT2D eigenvalue weighted by molar-refractivity contribution is 0.261. The van der Waals surface area contributed by atoms with E-state index in [9.17, 15) is 5.11 Å². The molecule has 0 aliphatic heterocycles. The van der Waals surface area contributed by atoms with E-state index in [-0.39, 0.29) is 12.5 Å². The van der Waals surface area contributed by atoms with Crippen molar-refractivity contribution >= 4 is 11.6 Å². The molecule has 16 heavy (non-hydrogen) atoms. The summed E-state index contributed by atoms with van der Waals surface area (Å²) >= 11 is 6.13. The minimum Gasteiger partial charge on any atom is -0.491 e. The van der Waals surface area contributed by atoms with Crippen molar-refractivity contribution in [1.29, 1.82) is 0 Å². The zero-order valence-corrected chi connectivity index (χ0v) is 10.2. The number of halogens is 1. The van der Waals surface area contributed by atoms with Gasteiger partial charge in [-0.15, -0.1) is 0 Å². The van der Waals surface area contributed by atoms with Crippen LogP contribution in [0.25, 0.3) is 0 Å². The SMILES string of the molecule is CC(CO)c1cccc(Cl)c1OCC1CC1. The highest BCUT2D eigenvalue weighted by molar-refractivity contribution is 6.32. The van der Waals surface area contributed by atoms with Gasteiger partial charge in [-0.3, -0.25) is 0 Å². The van der Waals surface area contributed by atoms with Crippen molar-refractivity contribution in [2.45, 2.75) is 25.7 Å². The van der Waals surface area contributed by atoms with E-state index in [0.717, 1.165) is 17.9 Å². The summed E-state index contributed by atoms with van der Waals surface area (Å²) in [4.78, 5) is 0. The molecule has 2 nitrogen and oxygen atoms in total. The maximum atomic E-state index is 9.19. The Labute approximate surface area is 101 Å². The largest absolute Gasteiger partial charge is 0.491 e. The summed E-state index contributed by atoms with van der Waals surface area (Å²) in [6.07, 6.45) is 2.52. The van der Waals surface area contributed by atoms with E-state index in [1.807, 2.05) is 25.1 Å². The summed E-state index contributed by atoms with van der Waals surface area (Å²) in [5.74, 6) is 1.51. The second-order valence-corrected chi connectivity index (χ2v) is 4.90. The Morgan fingerprint density at radius 2 is 2.25 bits per heavy atom. The van der Waals surface area contributed by atoms with Gasteiger partial charge in [0.2, 0.25) is 0 Å². The van der Waals surface area contributed by atoms with Crippen LogP contribution in [0.3, 0.4) is 0 Å². The lowest BCUT2D eigenvalue weighted by Gasteiger charge is -2.16. The monoisotopic (exact) mass is 240 g/mol. The van der Waals surface area contributed by atoms with Gasteiger partial charge in [-0.05, 0) is 24.8 Å². The first-order valence-corrected chi connectivity index (χ1v) is 6.12. The molecule has 1 fully saturated rings. The molecule has 0 saturated heterocycles. The predicted octanol–water partition coefficient (Wildman–Crippen LogP) is 3.22. The van der Waals surface area contributed by atoms with E-state index in [1.165, 1.54) is 12.8 Å². The van der Waals surface area contributed by atoms with Crippen molar-refractivity contribution < 1.29 is 9.84 Å². The molecule has 1 aromatic carbocycles. The molecule has 1 N–H and O–H groups in total. The summed E-state index contributed by atoms with van der Waals surface area (Å²) in [6.45, 7) is 2.82. The molecule has 2 rings (SSSR count). The van der Waals surface area contributed by atoms with Crippen molar-refractivity contribution in [1.82, 2.24) is 0 Å². The molecule has 0 spiro atoms. The second kappa shape index (κ2) is 5.07. The van der Waals surface area contributed by atoms with Gasteiger partial charge in [0.15, 0.2) is 0 Å². The molecule has 0 aromatic heterocycles. The van der Waals surface area contributed by atoms with Gasteiger partial charge < -0.3 is 9.84 Å². The van der Waals surface area contributed by atoms with E-state index in [4.69, 9.17) is 16.3 Å². The fourth-order valence-electron chi connectivity index (χ4n) is 1.65. The molecule has 1 aromatic rings. The van der Waals surface area contributed by atoms with Gasteiger partial charge >= 0.3 is 0 Å². The standard InChI is InChI=1S/C13H17ClO2/c1-9(7-15)11-3-2-4-12(14)13(11)16-8-10-5-6-10/h2-4,9-10,15H,5-8H2,1H3. The smallest absolute Gasteiger partial charge is 0.141 e. The number of benzene rings is 1. The van der Waals surface area contributed by atoms with Crippen molar-refractivity contribution in [3.8, 4) is 5.75 Å². The van der Waals surface area contributed by atoms with Crippen molar-refractivity contribution in [2.75, 3.05) is 13.2 Å². The van der Waals surface area contributed by atoms with Gasteiger partial charge in [0, 0.05) is 18.1 Å². The highest BCUT2D eigenvalue weighted by atomic mass is 35.5. The number of aliphatic hydroxyl groups is 1. The maximum absolute atomic E-state index is 9.19. The van der Waals surface area contributed by atoms with Crippen LogP contribution >= 0.6 is 11.6 Å². The number of para-hydroxylation sites is 1. The molecule has 1 saturated carbocycles. The maximum Gasteiger partial charge on any atom is 0.141 e. The van der Waals surface area contributed by atoms with Gasteiger partial charge in [-0.2, -0.15) is 0 Å². The first-order valence-electron chi connectivity index (χ1n) is 5.74. The molecule has 0 heterocycles. The number of hydrogen-bond donors (Lipinski definition) is 1. The van der Waals surface area contributed by atoms with Crippen molar-refractivity contribution in [3.63, 3.8) is 0 Å². The molecule has 0 amide bonds. The Balaban J connectivity index is 2.17. The van der Waals surface area contributed by atoms with E-state index in [1.54, 1.807) is 0 Å². The highest BCUT2D eigenvalue weighted by Gasteiger charge is 2.23. The highest BCUT2D eigenvalue weighted by Crippen LogP contribution is 2.36. The first-order chi connectivity index (χ1) is 7.72. The lowest BCUT2D eigenvalue weighted by atomic mass is 10.0. The third kappa shape index (κ3) is 2.69. The second-order valence-electron chi connectivity index (χ2n) is 4.50. The van der Waals surface area contributed by atoms with E-state index in [0.29, 0.717) is 10.9 Å². The van der Waals surface area contributed by atoms with Crippen LogP contribution < -0.4 is 4.74 Å². The summed E-state index contributed by atoms with van der Waals surface area (Å²) in [7, 11) is 0. The Kier molecular flexibility index (Phi) is 3.72. The van der Waals surface area contributed by atoms with Crippen LogP contribution in [0.15, 0.2) is 18.2 Å². The summed E-state index contributed by atoms with van der Waals surface area (Å²) < 4.78 is 5.77. The van der Waals surface area contributed by atoms with Gasteiger partial charge in [0.05, 0.1) is 11.6 Å². The Morgan fingerprint density at radius 1 is 1.50 bits per heavy atom. The van der Waals surface area contributed by atoms with Gasteiger partial charge in [0.25, 0.3) is 0 Å². The molecule has 1 aliphatic carbocycles. The normalized spacial score (nSPS) is 17.2. The molecule has 1 unspecified atom stereocenters. The minimum absolute atomic E-state index is 0.0629. The van der Waals surface area contributed by atoms with Gasteiger partial charge in [-0.1, -0.05) is 30.7 Å². The van der Waals surface area contributed by atoms with Crippen molar-refractivity contribution in [2.24, 2.45) is 5.92 Å². The zero-order valence-electron chi connectivity index (χ0n) is 9.45. The third-order valence-electron chi connectivity index (χ3n) is 2.96. The topological polar surface area (TPSA) is 29.5 Å². The molecular formula is C13H17ClO2. The summed E-state index contributed by atoms with van der Waals surface area (Å²) in [5, 5.41) is 9.83. The Hall–Kier alpha value is -0.730. The molecule has 0 bridgehead atoms. The molecular weight excluding hydrogens is 224 g/mol. The average molecular weight is 241 g/mol. The Morgan fingerprint density at radius 3 is 2.88 bits per heavy atom. The molecule has 88 valence electrons. The van der Waals surface area contributed by atoms with Gasteiger partial charge in [-0.25, -0.2) is 0 Å². The van der Waals surface area contributed by atoms with Crippen LogP contribution in [-0.2, 0) is 0 Å². The summed E-state index contributed by atoms with van der Waals surface area (Å²) in [6, 6.07) is 5.69. The molecule has 1 atom stereocenters. The number of aliphatic hydroxyl groups excluding tert-OH is 1. The lowest BCUT2D eigenvalue weighted by Crippen LogP contribution is -2.06. The number of ether oxygens (including phenoxy) is 1. The quantitative estimate of drug-likeness (QED) is 0.856. The van der Waals surface area contributed by atoms with Crippen LogP contribution in [-0.4, -0.2) is 18.3 Å². The van der Waals surface area contributed by atoms with Crippen LogP contribution in [0.5, 0.6) is 5.75 Å². The number of rotatable bonds is 5. The van der Waals surface area contributed by atoms with E-state index < -0.39 is 0 Å². The minimum atomic E-state index is 0.0629. The third-order valence-corrected chi connectivity index (χ3v) is 3.26. The predicted molar refractivity (Wildman–Crippen MR) is 65.2 cm³/mol. The van der Waals surface area contributed by atoms with Crippen LogP contribution in [0.2, 0.25) is 5.02 Å². The van der Waals surface area contributed by atoms with Crippen molar-refractivity contribution in [3.05, 3.63) is 28.8 Å². The fraction of sp³-hybridized carbons (Fsp3) is 0.538. The summed E-state index contributed by atoms with van der Waals surface area (Å²) in [5.41, 5.74) is 0.996. The fourth-order valence-corrected chi connectivity index (χ4v) is 1.89. The molecule has 3 heteroatoms.